The zero-order chi connectivity index (χ0) is 33.6. The smallest absolute Gasteiger partial charge is 0.105 e. The summed E-state index contributed by atoms with van der Waals surface area (Å²) in [4.78, 5) is 0. The molecule has 0 spiro atoms. The Morgan fingerprint density at radius 3 is 0.854 bits per heavy atom. The fourth-order valence-corrected chi connectivity index (χ4v) is 7.42. The predicted molar refractivity (Wildman–Crippen MR) is 208 cm³/mol. The van der Waals surface area contributed by atoms with Gasteiger partial charge in [-0.05, 0) is 50.0 Å². The first-order valence-electron chi connectivity index (χ1n) is 19.7. The molecule has 1 aromatic rings. The number of nitrogens with zero attached hydrogens (tertiary/aromatic N) is 2. The Labute approximate surface area is 322 Å². The first-order valence-corrected chi connectivity index (χ1v) is 19.7. The third-order valence-corrected chi connectivity index (χ3v) is 10.1. The number of quaternary nitrogens is 2. The van der Waals surface area contributed by atoms with Crippen molar-refractivity contribution in [1.29, 1.82) is 0 Å². The van der Waals surface area contributed by atoms with Crippen LogP contribution in [0.3, 0.4) is 0 Å². The van der Waals surface area contributed by atoms with Gasteiger partial charge in [-0.3, -0.25) is 0 Å². The molecule has 1 aromatic carbocycles. The zero-order valence-corrected chi connectivity index (χ0v) is 35.1. The lowest BCUT2D eigenvalue weighted by Crippen LogP contribution is -3.00. The Balaban J connectivity index is 0. The lowest BCUT2D eigenvalue weighted by Gasteiger charge is -2.38. The molecular weight excluding hydrogens is 716 g/mol. The molecule has 0 unspecified atom stereocenters. The largest absolute Gasteiger partial charge is 1.00 e. The Bertz CT molecular complexity index is 801. The molecule has 0 heterocycles. The summed E-state index contributed by atoms with van der Waals surface area (Å²) in [6, 6.07) is 9.57. The van der Waals surface area contributed by atoms with Crippen LogP contribution in [0.15, 0.2) is 74.9 Å². The van der Waals surface area contributed by atoms with Crippen molar-refractivity contribution in [1.82, 2.24) is 0 Å². The van der Waals surface area contributed by atoms with Crippen molar-refractivity contribution in [3.63, 3.8) is 0 Å². The van der Waals surface area contributed by atoms with E-state index in [9.17, 15) is 0 Å². The van der Waals surface area contributed by atoms with Gasteiger partial charge in [-0.15, -0.1) is 0 Å². The zero-order valence-electron chi connectivity index (χ0n) is 31.9. The molecule has 0 aliphatic heterocycles. The maximum Gasteiger partial charge on any atom is 0.105 e. The summed E-state index contributed by atoms with van der Waals surface area (Å²) in [5.41, 5.74) is 2.86. The molecule has 0 amide bonds. The van der Waals surface area contributed by atoms with Crippen molar-refractivity contribution < 1.29 is 42.9 Å². The SMILES string of the molecule is C=CC[N+](CC=C)(CCCCCCCCCCCC)Cc1ccc(C[N+](CC=C)(CC=C)CCCCCCCCCCCC)cc1.[Br-].[Br-]. The first-order chi connectivity index (χ1) is 22.5. The third kappa shape index (κ3) is 23.5. The molecule has 1 rings (SSSR count). The molecule has 2 nitrogen and oxygen atoms in total. The van der Waals surface area contributed by atoms with Crippen LogP contribution in [0.25, 0.3) is 0 Å². The minimum atomic E-state index is 0. The number of benzene rings is 1. The fourth-order valence-electron chi connectivity index (χ4n) is 7.42. The highest BCUT2D eigenvalue weighted by atomic mass is 79.9. The Morgan fingerprint density at radius 1 is 0.396 bits per heavy atom. The standard InChI is InChI=1S/C44H78N2.2BrH/c1-7-13-15-17-19-21-23-25-27-29-39-45(35-9-3,36-10-4)41-43-31-33-44(34-32-43)42-46(37-11-5,38-12-6)40-30-28-26-24-22-20-18-16-14-8-2;;/h9-12,31-34H,3-8,13-30,35-42H2,1-2H3;2*1H/q+2;;/p-2. The summed E-state index contributed by atoms with van der Waals surface area (Å²) in [6.07, 6.45) is 36.1. The van der Waals surface area contributed by atoms with Gasteiger partial charge >= 0.3 is 0 Å². The highest BCUT2D eigenvalue weighted by molar-refractivity contribution is 5.21. The Hall–Kier alpha value is -0.940. The van der Waals surface area contributed by atoms with E-state index >= 15 is 0 Å². The van der Waals surface area contributed by atoms with Gasteiger partial charge in [-0.2, -0.15) is 0 Å². The lowest BCUT2D eigenvalue weighted by atomic mass is 10.0. The van der Waals surface area contributed by atoms with Gasteiger partial charge in [-0.25, -0.2) is 0 Å². The molecule has 0 saturated heterocycles. The molecule has 0 N–H and O–H groups in total. The second-order valence-electron chi connectivity index (χ2n) is 14.5. The molecule has 278 valence electrons. The van der Waals surface area contributed by atoms with Crippen molar-refractivity contribution in [3.8, 4) is 0 Å². The van der Waals surface area contributed by atoms with Crippen LogP contribution in [0.5, 0.6) is 0 Å². The van der Waals surface area contributed by atoms with Gasteiger partial charge in [0.25, 0.3) is 0 Å². The summed E-state index contributed by atoms with van der Waals surface area (Å²) in [5, 5.41) is 0. The van der Waals surface area contributed by atoms with Crippen LogP contribution in [0.2, 0.25) is 0 Å². The summed E-state index contributed by atoms with van der Waals surface area (Å²) in [6.45, 7) is 29.7. The van der Waals surface area contributed by atoms with Gasteiger partial charge in [0, 0.05) is 11.1 Å². The van der Waals surface area contributed by atoms with E-state index in [1.165, 1.54) is 153 Å². The minimum absolute atomic E-state index is 0. The average Bonchev–Trinajstić information content (AvgIpc) is 3.04. The van der Waals surface area contributed by atoms with Crippen LogP contribution in [-0.2, 0) is 13.1 Å². The van der Waals surface area contributed by atoms with E-state index in [0.717, 1.165) is 48.2 Å². The molecular formula is C44H78Br2N2. The van der Waals surface area contributed by atoms with Gasteiger partial charge in [0.05, 0.1) is 39.3 Å². The summed E-state index contributed by atoms with van der Waals surface area (Å²) in [7, 11) is 0. The Kier molecular flexibility index (Phi) is 34.0. The van der Waals surface area contributed by atoms with E-state index in [2.05, 4.69) is 88.7 Å². The number of unbranched alkanes of at least 4 members (excludes halogenated alkanes) is 18. The van der Waals surface area contributed by atoms with Gasteiger partial charge < -0.3 is 42.9 Å². The quantitative estimate of drug-likeness (QED) is 0.0405. The van der Waals surface area contributed by atoms with E-state index in [1.807, 2.05) is 0 Å². The lowest BCUT2D eigenvalue weighted by molar-refractivity contribution is -0.930. The number of rotatable bonds is 34. The van der Waals surface area contributed by atoms with E-state index in [0.29, 0.717) is 0 Å². The van der Waals surface area contributed by atoms with Crippen LogP contribution in [0, 0.1) is 0 Å². The Morgan fingerprint density at radius 2 is 0.625 bits per heavy atom. The second-order valence-corrected chi connectivity index (χ2v) is 14.5. The van der Waals surface area contributed by atoms with Crippen LogP contribution in [-0.4, -0.2) is 48.2 Å². The van der Waals surface area contributed by atoms with Crippen molar-refractivity contribution in [2.45, 2.75) is 155 Å². The minimum Gasteiger partial charge on any atom is -1.00 e. The van der Waals surface area contributed by atoms with E-state index < -0.39 is 0 Å². The first kappa shape index (κ1) is 49.2. The molecule has 0 radical (unpaired) electrons. The van der Waals surface area contributed by atoms with Crippen molar-refractivity contribution in [3.05, 3.63) is 86.0 Å². The molecule has 0 bridgehead atoms. The third-order valence-electron chi connectivity index (χ3n) is 10.1. The van der Waals surface area contributed by atoms with Crippen molar-refractivity contribution in [2.24, 2.45) is 0 Å². The highest BCUT2D eigenvalue weighted by Crippen LogP contribution is 2.22. The average molecular weight is 795 g/mol. The van der Waals surface area contributed by atoms with E-state index in [4.69, 9.17) is 0 Å². The summed E-state index contributed by atoms with van der Waals surface area (Å²) >= 11 is 0. The second kappa shape index (κ2) is 33.2. The molecule has 0 saturated carbocycles. The molecule has 48 heavy (non-hydrogen) atoms. The number of halogens is 2. The predicted octanol–water partition coefficient (Wildman–Crippen LogP) is 6.91. The van der Waals surface area contributed by atoms with Gasteiger partial charge in [0.1, 0.15) is 13.1 Å². The van der Waals surface area contributed by atoms with E-state index in [1.54, 1.807) is 0 Å². The summed E-state index contributed by atoms with van der Waals surface area (Å²) in [5.74, 6) is 0. The van der Waals surface area contributed by atoms with Crippen LogP contribution < -0.4 is 34.0 Å². The van der Waals surface area contributed by atoms with Crippen LogP contribution in [0.1, 0.15) is 153 Å². The normalized spacial score (nSPS) is 11.4. The maximum absolute atomic E-state index is 4.15. The molecule has 0 fully saturated rings. The van der Waals surface area contributed by atoms with Gasteiger partial charge in [-0.1, -0.05) is 167 Å². The monoisotopic (exact) mass is 792 g/mol. The van der Waals surface area contributed by atoms with Crippen molar-refractivity contribution in [2.75, 3.05) is 39.3 Å². The highest BCUT2D eigenvalue weighted by Gasteiger charge is 2.27. The number of hydrogen-bond acceptors (Lipinski definition) is 0. The van der Waals surface area contributed by atoms with E-state index in [-0.39, 0.29) is 34.0 Å². The molecule has 0 aromatic heterocycles. The molecule has 4 heteroatoms. The fraction of sp³-hybridized carbons (Fsp3) is 0.682. The van der Waals surface area contributed by atoms with Crippen LogP contribution >= 0.6 is 0 Å². The number of hydrogen-bond donors (Lipinski definition) is 0. The van der Waals surface area contributed by atoms with Crippen LogP contribution in [0.4, 0.5) is 0 Å². The van der Waals surface area contributed by atoms with Crippen molar-refractivity contribution >= 4 is 0 Å². The topological polar surface area (TPSA) is 0 Å². The van der Waals surface area contributed by atoms with Gasteiger partial charge in [0.2, 0.25) is 0 Å². The van der Waals surface area contributed by atoms with Gasteiger partial charge in [0.15, 0.2) is 0 Å². The molecule has 0 aliphatic rings. The maximum atomic E-state index is 4.15. The molecule has 0 aliphatic carbocycles. The molecule has 0 atom stereocenters. The summed E-state index contributed by atoms with van der Waals surface area (Å²) < 4.78 is 2.07.